The molecule has 0 spiro atoms. The van der Waals surface area contributed by atoms with Gasteiger partial charge in [-0.15, -0.1) is 0 Å². The minimum absolute atomic E-state index is 0.0228. The monoisotopic (exact) mass is 509 g/mol. The molecule has 1 aliphatic heterocycles. The maximum atomic E-state index is 13.4. The number of likely N-dealkylation sites (N-methyl/N-ethyl adjacent to an activating group) is 1. The lowest BCUT2D eigenvalue weighted by Crippen LogP contribution is -2.38. The van der Waals surface area contributed by atoms with Crippen molar-refractivity contribution in [2.24, 2.45) is 0 Å². The lowest BCUT2D eigenvalue weighted by Gasteiger charge is -2.28. The number of aliphatic hydroxyl groups is 1. The number of ether oxygens (including phenoxy) is 1. The minimum Gasteiger partial charge on any atom is -0.507 e. The van der Waals surface area contributed by atoms with Crippen LogP contribution in [-0.2, 0) is 19.7 Å². The number of amides is 1. The zero-order valence-electron chi connectivity index (χ0n) is 23.2. The van der Waals surface area contributed by atoms with Gasteiger partial charge in [0.05, 0.1) is 18.7 Å². The third kappa shape index (κ3) is 5.34. The largest absolute Gasteiger partial charge is 0.507 e. The van der Waals surface area contributed by atoms with Gasteiger partial charge in [-0.25, -0.2) is 4.79 Å². The molecule has 1 fully saturated rings. The zero-order chi connectivity index (χ0) is 27.7. The molecule has 1 atom stereocenters. The smallest absolute Gasteiger partial charge is 0.354 e. The highest BCUT2D eigenvalue weighted by molar-refractivity contribution is 6.46. The summed E-state index contributed by atoms with van der Waals surface area (Å²) >= 11 is 0. The fourth-order valence-corrected chi connectivity index (χ4v) is 4.96. The van der Waals surface area contributed by atoms with Crippen LogP contribution in [-0.4, -0.2) is 70.8 Å². The molecule has 0 saturated carbocycles. The molecule has 0 aliphatic carbocycles. The maximum Gasteiger partial charge on any atom is 0.354 e. The van der Waals surface area contributed by atoms with Gasteiger partial charge in [-0.05, 0) is 49.0 Å². The van der Waals surface area contributed by atoms with Gasteiger partial charge in [-0.1, -0.05) is 58.9 Å². The number of aromatic nitrogens is 1. The van der Waals surface area contributed by atoms with Crippen LogP contribution >= 0.6 is 0 Å². The number of esters is 1. The Hall–Kier alpha value is -3.39. The SMILES string of the molecule is CCN(CC)CCN1C(=O)C(=O)C(=C(O)c2c(C)[nH]c(C(=O)OC)c2C)C1c1ccc(C(C)(C)C)cc1. The summed E-state index contributed by atoms with van der Waals surface area (Å²) in [6.07, 6.45) is 0. The van der Waals surface area contributed by atoms with E-state index >= 15 is 0 Å². The Bertz CT molecular complexity index is 1210. The molecule has 1 aliphatic rings. The molecular formula is C29H39N3O5. The van der Waals surface area contributed by atoms with Crippen molar-refractivity contribution < 1.29 is 24.2 Å². The van der Waals surface area contributed by atoms with E-state index in [9.17, 15) is 19.5 Å². The quantitative estimate of drug-likeness (QED) is 0.235. The molecule has 2 N–H and O–H groups in total. The number of nitrogens with one attached hydrogen (secondary N) is 1. The summed E-state index contributed by atoms with van der Waals surface area (Å²) in [5.74, 6) is -2.25. The molecule has 1 aromatic carbocycles. The maximum absolute atomic E-state index is 13.4. The fraction of sp³-hybridized carbons (Fsp3) is 0.483. The van der Waals surface area contributed by atoms with E-state index < -0.39 is 23.7 Å². The summed E-state index contributed by atoms with van der Waals surface area (Å²) in [7, 11) is 1.28. The van der Waals surface area contributed by atoms with E-state index in [0.717, 1.165) is 24.2 Å². The molecule has 0 radical (unpaired) electrons. The van der Waals surface area contributed by atoms with Crippen LogP contribution in [0.15, 0.2) is 29.8 Å². The second-order valence-electron chi connectivity index (χ2n) is 10.5. The van der Waals surface area contributed by atoms with Crippen molar-refractivity contribution in [1.29, 1.82) is 0 Å². The molecule has 2 aromatic rings. The first-order valence-corrected chi connectivity index (χ1v) is 12.8. The number of hydrogen-bond acceptors (Lipinski definition) is 6. The number of benzene rings is 1. The van der Waals surface area contributed by atoms with Crippen molar-refractivity contribution in [3.8, 4) is 0 Å². The first-order chi connectivity index (χ1) is 17.4. The molecule has 1 amide bonds. The van der Waals surface area contributed by atoms with Gasteiger partial charge in [0.15, 0.2) is 0 Å². The van der Waals surface area contributed by atoms with Gasteiger partial charge in [-0.3, -0.25) is 9.59 Å². The highest BCUT2D eigenvalue weighted by Crippen LogP contribution is 2.41. The Morgan fingerprint density at radius 3 is 2.22 bits per heavy atom. The van der Waals surface area contributed by atoms with Gasteiger partial charge in [0.1, 0.15) is 11.5 Å². The van der Waals surface area contributed by atoms with Crippen molar-refractivity contribution in [1.82, 2.24) is 14.8 Å². The average Bonchev–Trinajstić information content (AvgIpc) is 3.30. The molecular weight excluding hydrogens is 470 g/mol. The molecule has 1 saturated heterocycles. The summed E-state index contributed by atoms with van der Waals surface area (Å²) in [5.41, 5.74) is 3.32. The average molecular weight is 510 g/mol. The predicted molar refractivity (Wildman–Crippen MR) is 144 cm³/mol. The molecule has 2 heterocycles. The summed E-state index contributed by atoms with van der Waals surface area (Å²) in [6, 6.07) is 7.10. The number of aliphatic hydroxyl groups excluding tert-OH is 1. The third-order valence-electron chi connectivity index (χ3n) is 7.25. The van der Waals surface area contributed by atoms with Crippen LogP contribution in [0.2, 0.25) is 0 Å². The number of carbonyl (C=O) groups excluding carboxylic acids is 3. The van der Waals surface area contributed by atoms with Gasteiger partial charge >= 0.3 is 5.97 Å². The van der Waals surface area contributed by atoms with Crippen molar-refractivity contribution in [2.75, 3.05) is 33.3 Å². The van der Waals surface area contributed by atoms with Crippen LogP contribution in [0.5, 0.6) is 0 Å². The predicted octanol–water partition coefficient (Wildman–Crippen LogP) is 4.48. The number of Topliss-reactive ketones (excluding diaryl/α,β-unsaturated/α-hetero) is 1. The lowest BCUT2D eigenvalue weighted by molar-refractivity contribution is -0.140. The Kier molecular flexibility index (Phi) is 8.32. The van der Waals surface area contributed by atoms with Crippen LogP contribution in [0, 0.1) is 13.8 Å². The first-order valence-electron chi connectivity index (χ1n) is 12.8. The Morgan fingerprint density at radius 2 is 1.70 bits per heavy atom. The van der Waals surface area contributed by atoms with Gasteiger partial charge in [0.25, 0.3) is 11.7 Å². The lowest BCUT2D eigenvalue weighted by atomic mass is 9.85. The normalized spacial score (nSPS) is 17.6. The van der Waals surface area contributed by atoms with Crippen LogP contribution in [0.25, 0.3) is 5.76 Å². The highest BCUT2D eigenvalue weighted by Gasteiger charge is 2.46. The van der Waals surface area contributed by atoms with Crippen molar-refractivity contribution in [3.05, 3.63) is 63.5 Å². The summed E-state index contributed by atoms with van der Waals surface area (Å²) in [6.45, 7) is 16.4. The third-order valence-corrected chi connectivity index (χ3v) is 7.25. The summed E-state index contributed by atoms with van der Waals surface area (Å²) < 4.78 is 4.85. The van der Waals surface area contributed by atoms with Gasteiger partial charge in [0, 0.05) is 24.3 Å². The zero-order valence-corrected chi connectivity index (χ0v) is 23.2. The van der Waals surface area contributed by atoms with E-state index in [1.54, 1.807) is 18.7 Å². The van der Waals surface area contributed by atoms with E-state index in [2.05, 4.69) is 44.5 Å². The number of aryl methyl sites for hydroxylation is 1. The molecule has 8 nitrogen and oxygen atoms in total. The number of rotatable bonds is 8. The van der Waals surface area contributed by atoms with Gasteiger partial charge < -0.3 is 24.6 Å². The van der Waals surface area contributed by atoms with Crippen LogP contribution < -0.4 is 0 Å². The Labute approximate surface area is 219 Å². The van der Waals surface area contributed by atoms with E-state index in [1.165, 1.54) is 7.11 Å². The molecule has 0 bridgehead atoms. The topological polar surface area (TPSA) is 103 Å². The number of methoxy groups -OCH3 is 1. The number of likely N-dealkylation sites (tertiary alicyclic amines) is 1. The number of nitrogens with zero attached hydrogens (tertiary/aromatic N) is 2. The van der Waals surface area contributed by atoms with Crippen molar-refractivity contribution in [2.45, 2.75) is 59.9 Å². The highest BCUT2D eigenvalue weighted by atomic mass is 16.5. The fourth-order valence-electron chi connectivity index (χ4n) is 4.96. The minimum atomic E-state index is -0.750. The second-order valence-corrected chi connectivity index (χ2v) is 10.5. The Morgan fingerprint density at radius 1 is 1.11 bits per heavy atom. The standard InChI is InChI=1S/C29H39N3O5/c1-9-31(10-2)15-16-32-24(19-11-13-20(14-12-19)29(5,6)7)22(26(34)27(32)35)25(33)21-17(3)23(28(36)37-8)30-18(21)4/h11-14,24,30,33H,9-10,15-16H2,1-8H3. The second kappa shape index (κ2) is 10.9. The van der Waals surface area contributed by atoms with Crippen molar-refractivity contribution in [3.63, 3.8) is 0 Å². The van der Waals surface area contributed by atoms with E-state index in [-0.39, 0.29) is 22.4 Å². The van der Waals surface area contributed by atoms with Crippen LogP contribution in [0.3, 0.4) is 0 Å². The molecule has 200 valence electrons. The molecule has 1 unspecified atom stereocenters. The summed E-state index contributed by atoms with van der Waals surface area (Å²) in [4.78, 5) is 45.7. The Balaban J connectivity index is 2.19. The molecule has 37 heavy (non-hydrogen) atoms. The number of H-pyrrole nitrogens is 1. The van der Waals surface area contributed by atoms with Crippen molar-refractivity contribution >= 4 is 23.4 Å². The molecule has 8 heteroatoms. The molecule has 1 aromatic heterocycles. The summed E-state index contributed by atoms with van der Waals surface area (Å²) in [5, 5.41) is 11.5. The number of ketones is 1. The van der Waals surface area contributed by atoms with E-state index in [0.29, 0.717) is 29.9 Å². The number of aromatic amines is 1. The van der Waals surface area contributed by atoms with E-state index in [1.807, 2.05) is 24.3 Å². The van der Waals surface area contributed by atoms with E-state index in [4.69, 9.17) is 4.74 Å². The number of hydrogen-bond donors (Lipinski definition) is 2. The number of carbonyl (C=O) groups is 3. The van der Waals surface area contributed by atoms with Gasteiger partial charge in [-0.2, -0.15) is 0 Å². The first kappa shape index (κ1) is 28.2. The van der Waals surface area contributed by atoms with Gasteiger partial charge in [0.2, 0.25) is 0 Å². The van der Waals surface area contributed by atoms with Crippen LogP contribution in [0.4, 0.5) is 0 Å². The van der Waals surface area contributed by atoms with Crippen LogP contribution in [0.1, 0.15) is 79.1 Å². The molecule has 3 rings (SSSR count).